The molecule has 1 amide bonds. The van der Waals surface area contributed by atoms with E-state index in [1.165, 1.54) is 23.7 Å². The number of rotatable bonds is 9. The first-order chi connectivity index (χ1) is 17.8. The first-order valence-electron chi connectivity index (χ1n) is 11.4. The Morgan fingerprint density at radius 3 is 2.59 bits per heavy atom. The minimum atomic E-state index is -4.43. The van der Waals surface area contributed by atoms with Gasteiger partial charge in [0.2, 0.25) is 6.79 Å². The molecular formula is C26H22F3N3O4S. The lowest BCUT2D eigenvalue weighted by Gasteiger charge is -2.22. The van der Waals surface area contributed by atoms with Gasteiger partial charge in [-0.3, -0.25) is 9.69 Å². The summed E-state index contributed by atoms with van der Waals surface area (Å²) in [7, 11) is 0. The van der Waals surface area contributed by atoms with Gasteiger partial charge in [-0.15, -0.1) is 11.3 Å². The summed E-state index contributed by atoms with van der Waals surface area (Å²) in [4.78, 5) is 18.9. The smallest absolute Gasteiger partial charge is 0.416 e. The summed E-state index contributed by atoms with van der Waals surface area (Å²) in [6, 6.07) is 14.3. The number of nitrogens with zero attached hydrogens (tertiary/aromatic N) is 2. The van der Waals surface area contributed by atoms with Crippen LogP contribution in [0.2, 0.25) is 0 Å². The minimum absolute atomic E-state index is 0.149. The number of amides is 1. The van der Waals surface area contributed by atoms with Crippen molar-refractivity contribution < 1.29 is 31.9 Å². The van der Waals surface area contributed by atoms with E-state index >= 15 is 0 Å². The van der Waals surface area contributed by atoms with E-state index in [-0.39, 0.29) is 31.5 Å². The lowest BCUT2D eigenvalue weighted by atomic mass is 10.1. The molecule has 1 aliphatic heterocycles. The number of benzene rings is 2. The average molecular weight is 530 g/mol. The summed E-state index contributed by atoms with van der Waals surface area (Å²) >= 11 is 1.32. The van der Waals surface area contributed by atoms with Crippen molar-refractivity contribution in [2.75, 3.05) is 6.79 Å². The van der Waals surface area contributed by atoms with Crippen LogP contribution < -0.4 is 14.8 Å². The maximum Gasteiger partial charge on any atom is 0.416 e. The highest BCUT2D eigenvalue weighted by molar-refractivity contribution is 7.09. The highest BCUT2D eigenvalue weighted by Gasteiger charge is 2.30. The first-order valence-corrected chi connectivity index (χ1v) is 12.2. The molecule has 0 atom stereocenters. The van der Waals surface area contributed by atoms with Crippen molar-refractivity contribution in [1.82, 2.24) is 15.2 Å². The molecule has 0 fully saturated rings. The molecule has 0 unspecified atom stereocenters. The molecular weight excluding hydrogens is 507 g/mol. The summed E-state index contributed by atoms with van der Waals surface area (Å²) in [5.74, 6) is 1.57. The highest BCUT2D eigenvalue weighted by atomic mass is 32.1. The maximum atomic E-state index is 13.3. The summed E-state index contributed by atoms with van der Waals surface area (Å²) in [5, 5.41) is 5.08. The second kappa shape index (κ2) is 10.7. The Labute approximate surface area is 214 Å². The van der Waals surface area contributed by atoms with Gasteiger partial charge in [0.25, 0.3) is 5.91 Å². The van der Waals surface area contributed by atoms with E-state index < -0.39 is 11.7 Å². The summed E-state index contributed by atoms with van der Waals surface area (Å²) in [5.41, 5.74) is 0.999. The van der Waals surface area contributed by atoms with Crippen LogP contribution >= 0.6 is 11.3 Å². The van der Waals surface area contributed by atoms with E-state index in [9.17, 15) is 18.0 Å². The molecule has 11 heteroatoms. The average Bonchev–Trinajstić information content (AvgIpc) is 3.64. The third-order valence-corrected chi connectivity index (χ3v) is 6.48. The zero-order chi connectivity index (χ0) is 25.8. The van der Waals surface area contributed by atoms with Crippen LogP contribution in [0.15, 0.2) is 70.7 Å². The number of carbonyl (C=O) groups is 1. The summed E-state index contributed by atoms with van der Waals surface area (Å²) in [6.45, 7) is 1.40. The Hall–Kier alpha value is -3.83. The Morgan fingerprint density at radius 2 is 1.81 bits per heavy atom. The van der Waals surface area contributed by atoms with Gasteiger partial charge in [0, 0.05) is 18.5 Å². The lowest BCUT2D eigenvalue weighted by molar-refractivity contribution is -0.137. The van der Waals surface area contributed by atoms with Gasteiger partial charge < -0.3 is 19.2 Å². The van der Waals surface area contributed by atoms with Crippen LogP contribution in [0, 0.1) is 0 Å². The molecule has 2 aromatic heterocycles. The molecule has 0 spiro atoms. The van der Waals surface area contributed by atoms with Gasteiger partial charge in [-0.2, -0.15) is 13.2 Å². The number of thiazole rings is 1. The van der Waals surface area contributed by atoms with Gasteiger partial charge in [0.05, 0.1) is 24.9 Å². The third kappa shape index (κ3) is 6.30. The molecule has 2 aromatic carbocycles. The topological polar surface area (TPSA) is 76.8 Å². The number of carbonyl (C=O) groups excluding carboxylic acids is 1. The fraction of sp³-hybridized carbons (Fsp3) is 0.231. The van der Waals surface area contributed by atoms with Crippen LogP contribution in [0.25, 0.3) is 0 Å². The van der Waals surface area contributed by atoms with Gasteiger partial charge in [0.1, 0.15) is 16.5 Å². The number of hydrogen-bond donors (Lipinski definition) is 1. The number of alkyl halides is 3. The number of aromatic nitrogens is 1. The van der Waals surface area contributed by atoms with Crippen LogP contribution in [0.3, 0.4) is 0 Å². The van der Waals surface area contributed by atoms with Gasteiger partial charge in [-0.1, -0.05) is 24.3 Å². The molecule has 4 aromatic rings. The normalized spacial score (nSPS) is 12.8. The van der Waals surface area contributed by atoms with Crippen molar-refractivity contribution in [1.29, 1.82) is 0 Å². The van der Waals surface area contributed by atoms with E-state index in [0.29, 0.717) is 40.9 Å². The molecule has 0 saturated heterocycles. The van der Waals surface area contributed by atoms with E-state index in [2.05, 4.69) is 10.3 Å². The SMILES string of the molecule is O=C(NCc1ccco1)c1csc(CN(Cc2cccc(C(F)(F)F)c2)Cc2ccc3c(c2)OCO3)n1. The zero-order valence-corrected chi connectivity index (χ0v) is 20.3. The zero-order valence-electron chi connectivity index (χ0n) is 19.5. The molecule has 0 saturated carbocycles. The fourth-order valence-corrected chi connectivity index (χ4v) is 4.74. The molecule has 37 heavy (non-hydrogen) atoms. The van der Waals surface area contributed by atoms with Gasteiger partial charge in [-0.25, -0.2) is 4.98 Å². The van der Waals surface area contributed by atoms with Crippen molar-refractivity contribution in [3.8, 4) is 11.5 Å². The number of furan rings is 1. The Bertz CT molecular complexity index is 1370. The van der Waals surface area contributed by atoms with Crippen LogP contribution in [0.1, 0.15) is 37.9 Å². The van der Waals surface area contributed by atoms with Gasteiger partial charge in [-0.05, 0) is 41.5 Å². The fourth-order valence-electron chi connectivity index (χ4n) is 3.92. The van der Waals surface area contributed by atoms with Gasteiger partial charge in [0.15, 0.2) is 11.5 Å². The van der Waals surface area contributed by atoms with E-state index in [4.69, 9.17) is 13.9 Å². The Morgan fingerprint density at radius 1 is 1.00 bits per heavy atom. The number of nitrogens with one attached hydrogen (secondary N) is 1. The summed E-state index contributed by atoms with van der Waals surface area (Å²) in [6.07, 6.45) is -2.90. The van der Waals surface area contributed by atoms with Crippen molar-refractivity contribution in [3.05, 3.63) is 99.4 Å². The van der Waals surface area contributed by atoms with Crippen LogP contribution in [0.5, 0.6) is 11.5 Å². The number of hydrogen-bond acceptors (Lipinski definition) is 7. The molecule has 5 rings (SSSR count). The monoisotopic (exact) mass is 529 g/mol. The quantitative estimate of drug-likeness (QED) is 0.304. The highest BCUT2D eigenvalue weighted by Crippen LogP contribution is 2.33. The third-order valence-electron chi connectivity index (χ3n) is 5.65. The van der Waals surface area contributed by atoms with E-state index in [1.54, 1.807) is 23.6 Å². The molecule has 0 aliphatic carbocycles. The second-order valence-corrected chi connectivity index (χ2v) is 9.36. The molecule has 0 radical (unpaired) electrons. The number of ether oxygens (including phenoxy) is 2. The Balaban J connectivity index is 1.32. The Kier molecular flexibility index (Phi) is 7.15. The van der Waals surface area contributed by atoms with Crippen molar-refractivity contribution in [2.45, 2.75) is 32.4 Å². The molecule has 7 nitrogen and oxygen atoms in total. The lowest BCUT2D eigenvalue weighted by Crippen LogP contribution is -2.24. The molecule has 3 heterocycles. The minimum Gasteiger partial charge on any atom is -0.467 e. The van der Waals surface area contributed by atoms with Crippen molar-refractivity contribution in [3.63, 3.8) is 0 Å². The van der Waals surface area contributed by atoms with Crippen LogP contribution in [0.4, 0.5) is 13.2 Å². The number of halogens is 3. The first kappa shape index (κ1) is 24.8. The standard InChI is InChI=1S/C26H22F3N3O4S/c27-26(28,29)19-4-1-3-17(9-19)12-32(13-18-6-7-22-23(10-18)36-16-35-22)14-24-31-21(15-37-24)25(33)30-11-20-5-2-8-34-20/h1-10,15H,11-14,16H2,(H,30,33). The molecule has 1 aliphatic rings. The van der Waals surface area contributed by atoms with Gasteiger partial charge >= 0.3 is 6.18 Å². The van der Waals surface area contributed by atoms with Crippen molar-refractivity contribution >= 4 is 17.2 Å². The molecule has 192 valence electrons. The predicted octanol–water partition coefficient (Wildman–Crippen LogP) is 5.62. The van der Waals surface area contributed by atoms with Crippen molar-refractivity contribution in [2.24, 2.45) is 0 Å². The second-order valence-electron chi connectivity index (χ2n) is 8.42. The molecule has 1 N–H and O–H groups in total. The maximum absolute atomic E-state index is 13.3. The van der Waals surface area contributed by atoms with E-state index in [0.717, 1.165) is 17.7 Å². The largest absolute Gasteiger partial charge is 0.467 e. The van der Waals surface area contributed by atoms with E-state index in [1.807, 2.05) is 23.1 Å². The van der Waals surface area contributed by atoms with Crippen LogP contribution in [-0.2, 0) is 32.4 Å². The molecule has 0 bridgehead atoms. The number of fused-ring (bicyclic) bond motifs is 1. The summed E-state index contributed by atoms with van der Waals surface area (Å²) < 4.78 is 55.9. The predicted molar refractivity (Wildman–Crippen MR) is 129 cm³/mol. The van der Waals surface area contributed by atoms with Crippen LogP contribution in [-0.4, -0.2) is 22.6 Å².